The molecule has 86 valence electrons. The molecule has 0 spiro atoms. The molecule has 1 rings (SSSR count). The maximum Gasteiger partial charge on any atom is 0.169 e. The van der Waals surface area contributed by atoms with Gasteiger partial charge in [-0.2, -0.15) is 0 Å². The summed E-state index contributed by atoms with van der Waals surface area (Å²) in [5.41, 5.74) is 0. The highest BCUT2D eigenvalue weighted by molar-refractivity contribution is 9.10. The molecule has 4 heteroatoms. The second kappa shape index (κ2) is 6.30. The van der Waals surface area contributed by atoms with Gasteiger partial charge in [0.1, 0.15) is 5.76 Å². The Balaban J connectivity index is 2.21. The number of furan rings is 1. The van der Waals surface area contributed by atoms with Crippen LogP contribution in [-0.4, -0.2) is 19.3 Å². The molecule has 0 saturated carbocycles. The molecular formula is C11H18BrNO2. The van der Waals surface area contributed by atoms with Crippen LogP contribution in [0.25, 0.3) is 0 Å². The third-order valence-corrected chi connectivity index (χ3v) is 2.45. The minimum Gasteiger partial charge on any atom is -0.453 e. The van der Waals surface area contributed by atoms with Crippen molar-refractivity contribution in [1.82, 2.24) is 5.32 Å². The first-order chi connectivity index (χ1) is 7.09. The summed E-state index contributed by atoms with van der Waals surface area (Å²) in [5.74, 6) is 0.937. The van der Waals surface area contributed by atoms with Crippen molar-refractivity contribution in [2.75, 3.05) is 13.2 Å². The number of nitrogens with one attached hydrogen (secondary N) is 1. The normalized spacial score (nSPS) is 13.4. The maximum absolute atomic E-state index is 5.44. The highest BCUT2D eigenvalue weighted by Crippen LogP contribution is 2.19. The van der Waals surface area contributed by atoms with Crippen molar-refractivity contribution in [3.63, 3.8) is 0 Å². The lowest BCUT2D eigenvalue weighted by Gasteiger charge is -2.12. The van der Waals surface area contributed by atoms with Crippen molar-refractivity contribution in [3.8, 4) is 0 Å². The van der Waals surface area contributed by atoms with Crippen LogP contribution in [0.2, 0.25) is 0 Å². The van der Waals surface area contributed by atoms with Crippen molar-refractivity contribution in [3.05, 3.63) is 22.6 Å². The van der Waals surface area contributed by atoms with Gasteiger partial charge in [0.2, 0.25) is 0 Å². The first-order valence-electron chi connectivity index (χ1n) is 5.20. The number of rotatable bonds is 6. The summed E-state index contributed by atoms with van der Waals surface area (Å²) in [5, 5.41) is 3.33. The standard InChI is InChI=1S/C11H18BrNO2/c1-8(2)14-7-6-13-9(3)10-4-5-11(12)15-10/h4-5,8-9,13H,6-7H2,1-3H3. The Morgan fingerprint density at radius 2 is 2.13 bits per heavy atom. The molecule has 0 aliphatic rings. The van der Waals surface area contributed by atoms with Crippen molar-refractivity contribution in [2.24, 2.45) is 0 Å². The molecule has 1 aromatic heterocycles. The van der Waals surface area contributed by atoms with E-state index in [2.05, 4.69) is 28.2 Å². The second-order valence-corrected chi connectivity index (χ2v) is 4.52. The molecule has 15 heavy (non-hydrogen) atoms. The lowest BCUT2D eigenvalue weighted by Crippen LogP contribution is -2.24. The van der Waals surface area contributed by atoms with Gasteiger partial charge in [-0.15, -0.1) is 0 Å². The Morgan fingerprint density at radius 1 is 1.40 bits per heavy atom. The van der Waals surface area contributed by atoms with E-state index in [9.17, 15) is 0 Å². The zero-order chi connectivity index (χ0) is 11.3. The van der Waals surface area contributed by atoms with E-state index in [1.54, 1.807) is 0 Å². The van der Waals surface area contributed by atoms with Crippen molar-refractivity contribution >= 4 is 15.9 Å². The molecule has 3 nitrogen and oxygen atoms in total. The molecule has 0 fully saturated rings. The molecule has 1 aromatic rings. The predicted molar refractivity (Wildman–Crippen MR) is 63.9 cm³/mol. The third-order valence-electron chi connectivity index (χ3n) is 2.02. The Bertz CT molecular complexity index is 286. The molecule has 1 heterocycles. The van der Waals surface area contributed by atoms with Gasteiger partial charge in [0.05, 0.1) is 18.8 Å². The topological polar surface area (TPSA) is 34.4 Å². The number of halogens is 1. The maximum atomic E-state index is 5.44. The molecule has 0 aromatic carbocycles. The average Bonchev–Trinajstić information content (AvgIpc) is 2.59. The zero-order valence-electron chi connectivity index (χ0n) is 9.42. The van der Waals surface area contributed by atoms with Gasteiger partial charge in [-0.25, -0.2) is 0 Å². The summed E-state index contributed by atoms with van der Waals surface area (Å²) in [6.07, 6.45) is 0.292. The van der Waals surface area contributed by atoms with E-state index in [0.29, 0.717) is 6.10 Å². The first kappa shape index (κ1) is 12.7. The summed E-state index contributed by atoms with van der Waals surface area (Å²) in [4.78, 5) is 0. The quantitative estimate of drug-likeness (QED) is 0.811. The number of hydrogen-bond donors (Lipinski definition) is 1. The van der Waals surface area contributed by atoms with Crippen LogP contribution in [0, 0.1) is 0 Å². The summed E-state index contributed by atoms with van der Waals surface area (Å²) < 4.78 is 11.6. The largest absolute Gasteiger partial charge is 0.453 e. The highest BCUT2D eigenvalue weighted by Gasteiger charge is 2.08. The Kier molecular flexibility index (Phi) is 5.36. The van der Waals surface area contributed by atoms with E-state index < -0.39 is 0 Å². The molecule has 1 atom stereocenters. The Morgan fingerprint density at radius 3 is 2.67 bits per heavy atom. The molecule has 0 saturated heterocycles. The van der Waals surface area contributed by atoms with Crippen LogP contribution in [0.1, 0.15) is 32.6 Å². The highest BCUT2D eigenvalue weighted by atomic mass is 79.9. The fraction of sp³-hybridized carbons (Fsp3) is 0.636. The van der Waals surface area contributed by atoms with Crippen LogP contribution in [0.3, 0.4) is 0 Å². The van der Waals surface area contributed by atoms with E-state index in [1.807, 2.05) is 26.0 Å². The summed E-state index contributed by atoms with van der Waals surface area (Å²) in [7, 11) is 0. The van der Waals surface area contributed by atoms with Gasteiger partial charge in [-0.05, 0) is 48.8 Å². The van der Waals surface area contributed by atoms with E-state index in [0.717, 1.165) is 23.6 Å². The van der Waals surface area contributed by atoms with Crippen LogP contribution >= 0.6 is 15.9 Å². The molecule has 0 amide bonds. The van der Waals surface area contributed by atoms with Gasteiger partial charge in [-0.1, -0.05) is 0 Å². The van der Waals surface area contributed by atoms with Gasteiger partial charge in [0.25, 0.3) is 0 Å². The number of hydrogen-bond acceptors (Lipinski definition) is 3. The van der Waals surface area contributed by atoms with Gasteiger partial charge < -0.3 is 14.5 Å². The van der Waals surface area contributed by atoms with Crippen molar-refractivity contribution in [1.29, 1.82) is 0 Å². The smallest absolute Gasteiger partial charge is 0.169 e. The summed E-state index contributed by atoms with van der Waals surface area (Å²) >= 11 is 3.28. The van der Waals surface area contributed by atoms with Crippen molar-refractivity contribution in [2.45, 2.75) is 32.9 Å². The third kappa shape index (κ3) is 4.82. The minimum absolute atomic E-state index is 0.215. The molecular weight excluding hydrogens is 258 g/mol. The molecule has 0 aliphatic heterocycles. The summed E-state index contributed by atoms with van der Waals surface area (Å²) in [6.45, 7) is 7.70. The molecule has 0 bridgehead atoms. The zero-order valence-corrected chi connectivity index (χ0v) is 11.0. The van der Waals surface area contributed by atoms with E-state index in [1.165, 1.54) is 0 Å². The molecule has 1 unspecified atom stereocenters. The minimum atomic E-state index is 0.215. The van der Waals surface area contributed by atoms with Crippen LogP contribution in [0.15, 0.2) is 21.2 Å². The molecule has 0 aliphatic carbocycles. The van der Waals surface area contributed by atoms with Gasteiger partial charge >= 0.3 is 0 Å². The predicted octanol–water partition coefficient (Wildman–Crippen LogP) is 3.12. The first-order valence-corrected chi connectivity index (χ1v) is 5.99. The average molecular weight is 276 g/mol. The molecule has 0 radical (unpaired) electrons. The lowest BCUT2D eigenvalue weighted by atomic mass is 10.2. The lowest BCUT2D eigenvalue weighted by molar-refractivity contribution is 0.0792. The van der Waals surface area contributed by atoms with E-state index >= 15 is 0 Å². The van der Waals surface area contributed by atoms with Crippen LogP contribution in [0.5, 0.6) is 0 Å². The van der Waals surface area contributed by atoms with Crippen LogP contribution < -0.4 is 5.32 Å². The fourth-order valence-electron chi connectivity index (χ4n) is 1.23. The Hall–Kier alpha value is -0.320. The van der Waals surface area contributed by atoms with Gasteiger partial charge in [-0.3, -0.25) is 0 Å². The number of ether oxygens (including phenoxy) is 1. The molecule has 1 N–H and O–H groups in total. The van der Waals surface area contributed by atoms with Gasteiger partial charge in [0, 0.05) is 6.54 Å². The fourth-order valence-corrected chi connectivity index (χ4v) is 1.55. The Labute approximate surface area is 99.3 Å². The van der Waals surface area contributed by atoms with E-state index in [-0.39, 0.29) is 6.04 Å². The SMILES string of the molecule is CC(C)OCCNC(C)c1ccc(Br)o1. The van der Waals surface area contributed by atoms with Gasteiger partial charge in [0.15, 0.2) is 4.67 Å². The van der Waals surface area contributed by atoms with Crippen LogP contribution in [0.4, 0.5) is 0 Å². The van der Waals surface area contributed by atoms with Crippen molar-refractivity contribution < 1.29 is 9.15 Å². The van der Waals surface area contributed by atoms with Crippen LogP contribution in [-0.2, 0) is 4.74 Å². The summed E-state index contributed by atoms with van der Waals surface area (Å²) in [6, 6.07) is 4.08. The monoisotopic (exact) mass is 275 g/mol. The second-order valence-electron chi connectivity index (χ2n) is 3.74. The van der Waals surface area contributed by atoms with E-state index in [4.69, 9.17) is 9.15 Å².